The molecule has 116 valence electrons. The Morgan fingerprint density at radius 2 is 2.17 bits per heavy atom. The molecule has 0 radical (unpaired) electrons. The molecule has 3 aromatic rings. The molecule has 1 aromatic carbocycles. The van der Waals surface area contributed by atoms with Gasteiger partial charge in [-0.3, -0.25) is 9.89 Å². The standard InChI is InChI=1S/C17H14FN3OS/c18-12-4-1-3-11(9-12)15-16(14(20-21-15)10-6-7-10)19-17(22)13-5-2-8-23-13/h1-5,8-10H,6-7H2,(H,19,22)(H,20,21). The van der Waals surface area contributed by atoms with Crippen LogP contribution in [0.2, 0.25) is 0 Å². The molecule has 2 N–H and O–H groups in total. The molecule has 2 heterocycles. The second kappa shape index (κ2) is 5.62. The van der Waals surface area contributed by atoms with Gasteiger partial charge in [0.25, 0.3) is 5.91 Å². The van der Waals surface area contributed by atoms with Crippen molar-refractivity contribution in [1.82, 2.24) is 10.2 Å². The lowest BCUT2D eigenvalue weighted by Gasteiger charge is -2.07. The molecule has 1 saturated carbocycles. The minimum absolute atomic E-state index is 0.166. The Balaban J connectivity index is 1.74. The summed E-state index contributed by atoms with van der Waals surface area (Å²) in [7, 11) is 0. The van der Waals surface area contributed by atoms with E-state index in [2.05, 4.69) is 15.5 Å². The molecule has 4 nitrogen and oxygen atoms in total. The van der Waals surface area contributed by atoms with Gasteiger partial charge in [-0.15, -0.1) is 11.3 Å². The van der Waals surface area contributed by atoms with Crippen LogP contribution in [-0.2, 0) is 0 Å². The fourth-order valence-electron chi connectivity index (χ4n) is 2.58. The number of nitrogens with one attached hydrogen (secondary N) is 2. The largest absolute Gasteiger partial charge is 0.318 e. The number of aromatic nitrogens is 2. The smallest absolute Gasteiger partial charge is 0.265 e. The number of nitrogens with zero attached hydrogens (tertiary/aromatic N) is 1. The number of hydrogen-bond acceptors (Lipinski definition) is 3. The van der Waals surface area contributed by atoms with Crippen LogP contribution in [0.1, 0.15) is 34.1 Å². The zero-order valence-electron chi connectivity index (χ0n) is 12.2. The van der Waals surface area contributed by atoms with Gasteiger partial charge in [0.2, 0.25) is 0 Å². The Labute approximate surface area is 136 Å². The van der Waals surface area contributed by atoms with Gasteiger partial charge in [0.1, 0.15) is 11.5 Å². The van der Waals surface area contributed by atoms with Gasteiger partial charge in [-0.05, 0) is 36.4 Å². The molecule has 1 aliphatic rings. The molecule has 0 bridgehead atoms. The average Bonchev–Trinajstić information content (AvgIpc) is 3.08. The molecule has 0 unspecified atom stereocenters. The highest BCUT2D eigenvalue weighted by Crippen LogP contribution is 2.45. The van der Waals surface area contributed by atoms with Crippen molar-refractivity contribution in [2.75, 3.05) is 5.32 Å². The van der Waals surface area contributed by atoms with Crippen LogP contribution in [0.5, 0.6) is 0 Å². The lowest BCUT2D eigenvalue weighted by molar-refractivity contribution is 0.103. The topological polar surface area (TPSA) is 57.8 Å². The third-order valence-corrected chi connectivity index (χ3v) is 4.73. The summed E-state index contributed by atoms with van der Waals surface area (Å²) in [5.41, 5.74) is 2.82. The molecular weight excluding hydrogens is 313 g/mol. The minimum atomic E-state index is -0.325. The van der Waals surface area contributed by atoms with E-state index in [0.29, 0.717) is 27.7 Å². The van der Waals surface area contributed by atoms with E-state index in [9.17, 15) is 9.18 Å². The van der Waals surface area contributed by atoms with Crippen molar-refractivity contribution in [3.8, 4) is 11.3 Å². The van der Waals surface area contributed by atoms with Crippen molar-refractivity contribution in [3.05, 3.63) is 58.2 Å². The second-order valence-electron chi connectivity index (χ2n) is 5.58. The molecule has 1 fully saturated rings. The predicted molar refractivity (Wildman–Crippen MR) is 88.2 cm³/mol. The van der Waals surface area contributed by atoms with Gasteiger partial charge in [-0.25, -0.2) is 4.39 Å². The lowest BCUT2D eigenvalue weighted by atomic mass is 10.1. The Morgan fingerprint density at radius 1 is 1.30 bits per heavy atom. The summed E-state index contributed by atoms with van der Waals surface area (Å²) in [6, 6.07) is 9.86. The number of amides is 1. The van der Waals surface area contributed by atoms with Crippen LogP contribution in [0.15, 0.2) is 41.8 Å². The maximum atomic E-state index is 13.5. The maximum Gasteiger partial charge on any atom is 0.265 e. The molecule has 1 amide bonds. The molecule has 6 heteroatoms. The van der Waals surface area contributed by atoms with Gasteiger partial charge in [-0.1, -0.05) is 18.2 Å². The zero-order chi connectivity index (χ0) is 15.8. The number of anilines is 1. The number of hydrogen-bond donors (Lipinski definition) is 2. The molecule has 2 aromatic heterocycles. The van der Waals surface area contributed by atoms with Crippen LogP contribution < -0.4 is 5.32 Å². The van der Waals surface area contributed by atoms with Crippen LogP contribution in [0.4, 0.5) is 10.1 Å². The molecule has 1 aliphatic carbocycles. The number of aromatic amines is 1. The van der Waals surface area contributed by atoms with Gasteiger partial charge < -0.3 is 5.32 Å². The Morgan fingerprint density at radius 3 is 2.87 bits per heavy atom. The maximum absolute atomic E-state index is 13.5. The van der Waals surface area contributed by atoms with Crippen LogP contribution >= 0.6 is 11.3 Å². The summed E-state index contributed by atoms with van der Waals surface area (Å²) in [5, 5.41) is 12.2. The number of benzene rings is 1. The van der Waals surface area contributed by atoms with Crippen LogP contribution in [0.3, 0.4) is 0 Å². The molecule has 23 heavy (non-hydrogen) atoms. The van der Waals surface area contributed by atoms with Gasteiger partial charge in [0.15, 0.2) is 0 Å². The summed E-state index contributed by atoms with van der Waals surface area (Å²) in [4.78, 5) is 13.0. The van der Waals surface area contributed by atoms with Gasteiger partial charge in [0.05, 0.1) is 16.3 Å². The quantitative estimate of drug-likeness (QED) is 0.746. The summed E-state index contributed by atoms with van der Waals surface area (Å²) in [6.45, 7) is 0. The molecular formula is C17H14FN3OS. The van der Waals surface area contributed by atoms with E-state index in [1.54, 1.807) is 18.2 Å². The normalized spacial score (nSPS) is 14.0. The van der Waals surface area contributed by atoms with Crippen LogP contribution in [0.25, 0.3) is 11.3 Å². The molecule has 0 spiro atoms. The van der Waals surface area contributed by atoms with Crippen molar-refractivity contribution in [2.45, 2.75) is 18.8 Å². The summed E-state index contributed by atoms with van der Waals surface area (Å²) in [5.74, 6) is -0.0987. The minimum Gasteiger partial charge on any atom is -0.318 e. The first-order valence-corrected chi connectivity index (χ1v) is 8.29. The first-order valence-electron chi connectivity index (χ1n) is 7.41. The van der Waals surface area contributed by atoms with E-state index >= 15 is 0 Å². The molecule has 0 saturated heterocycles. The predicted octanol–water partition coefficient (Wildman–Crippen LogP) is 4.41. The second-order valence-corrected chi connectivity index (χ2v) is 6.52. The Bertz CT molecular complexity index is 853. The first kappa shape index (κ1) is 14.1. The van der Waals surface area contributed by atoms with Crippen LogP contribution in [-0.4, -0.2) is 16.1 Å². The van der Waals surface area contributed by atoms with Crippen molar-refractivity contribution >= 4 is 22.9 Å². The number of thiophene rings is 1. The summed E-state index contributed by atoms with van der Waals surface area (Å²) >= 11 is 1.38. The SMILES string of the molecule is O=C(Nc1c(-c2cccc(F)c2)n[nH]c1C1CC1)c1cccs1. The Hall–Kier alpha value is -2.47. The number of carbonyl (C=O) groups excluding carboxylic acids is 1. The van der Waals surface area contributed by atoms with Crippen LogP contribution in [0, 0.1) is 5.82 Å². The number of rotatable bonds is 4. The van der Waals surface area contributed by atoms with Crippen molar-refractivity contribution < 1.29 is 9.18 Å². The summed E-state index contributed by atoms with van der Waals surface area (Å²) < 4.78 is 13.5. The van der Waals surface area contributed by atoms with Crippen molar-refractivity contribution in [1.29, 1.82) is 0 Å². The van der Waals surface area contributed by atoms with E-state index in [-0.39, 0.29) is 11.7 Å². The molecule has 0 atom stereocenters. The van der Waals surface area contributed by atoms with E-state index in [4.69, 9.17) is 0 Å². The van der Waals surface area contributed by atoms with Gasteiger partial charge in [-0.2, -0.15) is 5.10 Å². The van der Waals surface area contributed by atoms with E-state index < -0.39 is 0 Å². The highest BCUT2D eigenvalue weighted by atomic mass is 32.1. The van der Waals surface area contributed by atoms with E-state index in [0.717, 1.165) is 18.5 Å². The fourth-order valence-corrected chi connectivity index (χ4v) is 3.20. The molecule has 0 aliphatic heterocycles. The van der Waals surface area contributed by atoms with E-state index in [1.165, 1.54) is 23.5 Å². The highest BCUT2D eigenvalue weighted by Gasteiger charge is 2.31. The lowest BCUT2D eigenvalue weighted by Crippen LogP contribution is -2.11. The summed E-state index contributed by atoms with van der Waals surface area (Å²) in [6.07, 6.45) is 2.15. The third-order valence-electron chi connectivity index (χ3n) is 3.86. The van der Waals surface area contributed by atoms with E-state index in [1.807, 2.05) is 11.4 Å². The third kappa shape index (κ3) is 2.77. The monoisotopic (exact) mass is 327 g/mol. The Kier molecular flexibility index (Phi) is 3.46. The highest BCUT2D eigenvalue weighted by molar-refractivity contribution is 7.12. The van der Waals surface area contributed by atoms with Crippen molar-refractivity contribution in [3.63, 3.8) is 0 Å². The van der Waals surface area contributed by atoms with Gasteiger partial charge in [0, 0.05) is 11.5 Å². The first-order chi connectivity index (χ1) is 11.2. The van der Waals surface area contributed by atoms with Crippen molar-refractivity contribution in [2.24, 2.45) is 0 Å². The average molecular weight is 327 g/mol. The fraction of sp³-hybridized carbons (Fsp3) is 0.176. The number of H-pyrrole nitrogens is 1. The zero-order valence-corrected chi connectivity index (χ0v) is 13.0. The number of carbonyl (C=O) groups is 1. The molecule has 4 rings (SSSR count). The number of halogens is 1. The van der Waals surface area contributed by atoms with Gasteiger partial charge >= 0.3 is 0 Å².